The van der Waals surface area contributed by atoms with E-state index in [0.29, 0.717) is 5.92 Å². The van der Waals surface area contributed by atoms with Crippen LogP contribution in [-0.4, -0.2) is 33.7 Å². The number of halogens is 2. The zero-order valence-corrected chi connectivity index (χ0v) is 12.8. The maximum atomic E-state index is 14.1. The van der Waals surface area contributed by atoms with Crippen LogP contribution in [0.5, 0.6) is 0 Å². The zero-order valence-electron chi connectivity index (χ0n) is 12.8. The predicted octanol–water partition coefficient (Wildman–Crippen LogP) is 2.78. The molecule has 1 amide bonds. The minimum Gasteiger partial charge on any atom is -0.391 e. The standard InChI is InChI=1S/C17H16F2N2O3/c18-10-3-4-13(19)12(5-10)15-6-11(22)8-21(15)17(23)16-7-14(20-24-16)9-1-2-9/h3-5,7,9,11,15,22H,1-2,6,8H2/t11-,15+/m1/s1. The normalized spacial score (nSPS) is 23.7. The second kappa shape index (κ2) is 5.66. The van der Waals surface area contributed by atoms with E-state index in [9.17, 15) is 18.7 Å². The topological polar surface area (TPSA) is 66.6 Å². The van der Waals surface area contributed by atoms with Gasteiger partial charge < -0.3 is 14.5 Å². The first kappa shape index (κ1) is 15.3. The first-order valence-electron chi connectivity index (χ1n) is 7.93. The molecule has 2 aliphatic rings. The van der Waals surface area contributed by atoms with E-state index < -0.39 is 29.7 Å². The van der Waals surface area contributed by atoms with Gasteiger partial charge in [-0.2, -0.15) is 0 Å². The number of rotatable bonds is 3. The fourth-order valence-electron chi connectivity index (χ4n) is 3.21. The second-order valence-electron chi connectivity index (χ2n) is 6.42. The molecule has 0 spiro atoms. The summed E-state index contributed by atoms with van der Waals surface area (Å²) in [6.07, 6.45) is 1.40. The van der Waals surface area contributed by atoms with Crippen molar-refractivity contribution in [3.05, 3.63) is 52.9 Å². The molecule has 1 aliphatic heterocycles. The quantitative estimate of drug-likeness (QED) is 0.937. The first-order chi connectivity index (χ1) is 11.5. The Hall–Kier alpha value is -2.28. The van der Waals surface area contributed by atoms with Gasteiger partial charge in [0.15, 0.2) is 0 Å². The molecule has 0 bridgehead atoms. The number of carbonyl (C=O) groups excluding carboxylic acids is 1. The summed E-state index contributed by atoms with van der Waals surface area (Å²) in [7, 11) is 0. The molecule has 2 aromatic rings. The summed E-state index contributed by atoms with van der Waals surface area (Å²) < 4.78 is 32.7. The highest BCUT2D eigenvalue weighted by atomic mass is 19.1. The van der Waals surface area contributed by atoms with Gasteiger partial charge in [0.1, 0.15) is 11.6 Å². The molecule has 1 aromatic heterocycles. The first-order valence-corrected chi connectivity index (χ1v) is 7.93. The molecule has 4 rings (SSSR count). The number of hydrogen-bond donors (Lipinski definition) is 1. The van der Waals surface area contributed by atoms with E-state index in [1.165, 1.54) is 4.90 Å². The van der Waals surface area contributed by atoms with Crippen LogP contribution in [0.2, 0.25) is 0 Å². The number of aromatic nitrogens is 1. The third-order valence-electron chi connectivity index (χ3n) is 4.59. The second-order valence-corrected chi connectivity index (χ2v) is 6.42. The number of likely N-dealkylation sites (tertiary alicyclic amines) is 1. The van der Waals surface area contributed by atoms with Gasteiger partial charge in [-0.05, 0) is 37.5 Å². The van der Waals surface area contributed by atoms with Crippen LogP contribution in [0.25, 0.3) is 0 Å². The molecular weight excluding hydrogens is 318 g/mol. The van der Waals surface area contributed by atoms with E-state index in [1.54, 1.807) is 6.07 Å². The van der Waals surface area contributed by atoms with Crippen molar-refractivity contribution in [3.8, 4) is 0 Å². The fraction of sp³-hybridized carbons (Fsp3) is 0.412. The van der Waals surface area contributed by atoms with Crippen LogP contribution in [0.3, 0.4) is 0 Å². The highest BCUT2D eigenvalue weighted by Crippen LogP contribution is 2.40. The lowest BCUT2D eigenvalue weighted by molar-refractivity contribution is 0.0671. The Labute approximate surface area is 136 Å². The number of amides is 1. The van der Waals surface area contributed by atoms with Gasteiger partial charge in [0, 0.05) is 24.1 Å². The van der Waals surface area contributed by atoms with Crippen LogP contribution in [0.15, 0.2) is 28.8 Å². The largest absolute Gasteiger partial charge is 0.391 e. The highest BCUT2D eigenvalue weighted by Gasteiger charge is 2.39. The average molecular weight is 334 g/mol. The van der Waals surface area contributed by atoms with Gasteiger partial charge in [0.2, 0.25) is 5.76 Å². The van der Waals surface area contributed by atoms with Crippen LogP contribution < -0.4 is 0 Å². The van der Waals surface area contributed by atoms with Gasteiger partial charge in [0.25, 0.3) is 5.91 Å². The van der Waals surface area contributed by atoms with Gasteiger partial charge in [-0.15, -0.1) is 0 Å². The number of carbonyl (C=O) groups is 1. The lowest BCUT2D eigenvalue weighted by Crippen LogP contribution is -2.32. The van der Waals surface area contributed by atoms with Crippen molar-refractivity contribution < 1.29 is 23.2 Å². The maximum Gasteiger partial charge on any atom is 0.293 e. The molecule has 1 N–H and O–H groups in total. The molecule has 2 heterocycles. The Morgan fingerprint density at radius 3 is 2.83 bits per heavy atom. The Bertz CT molecular complexity index is 788. The lowest BCUT2D eigenvalue weighted by atomic mass is 10.0. The van der Waals surface area contributed by atoms with E-state index in [1.807, 2.05) is 0 Å². The predicted molar refractivity (Wildman–Crippen MR) is 79.2 cm³/mol. The molecule has 5 nitrogen and oxygen atoms in total. The summed E-state index contributed by atoms with van der Waals surface area (Å²) in [5.41, 5.74) is 0.799. The minimum atomic E-state index is -0.799. The SMILES string of the molecule is O=C(c1cc(C2CC2)no1)N1C[C@H](O)C[C@H]1c1cc(F)ccc1F. The molecule has 0 unspecified atom stereocenters. The number of β-amino-alcohol motifs (C(OH)–C–C–N with tert-alkyl or cyclic N) is 1. The van der Waals surface area contributed by atoms with E-state index in [-0.39, 0.29) is 24.3 Å². The van der Waals surface area contributed by atoms with Gasteiger partial charge in [-0.25, -0.2) is 8.78 Å². The van der Waals surface area contributed by atoms with Gasteiger partial charge in [-0.3, -0.25) is 4.79 Å². The molecule has 24 heavy (non-hydrogen) atoms. The summed E-state index contributed by atoms with van der Waals surface area (Å²) in [4.78, 5) is 14.0. The molecular formula is C17H16F2N2O3. The van der Waals surface area contributed by atoms with Crippen LogP contribution >= 0.6 is 0 Å². The lowest BCUT2D eigenvalue weighted by Gasteiger charge is -2.23. The highest BCUT2D eigenvalue weighted by molar-refractivity contribution is 5.92. The number of aliphatic hydroxyl groups is 1. The smallest absolute Gasteiger partial charge is 0.293 e. The van der Waals surface area contributed by atoms with E-state index in [4.69, 9.17) is 4.52 Å². The van der Waals surface area contributed by atoms with Gasteiger partial charge in [-0.1, -0.05) is 5.16 Å². The van der Waals surface area contributed by atoms with E-state index in [0.717, 1.165) is 36.7 Å². The van der Waals surface area contributed by atoms with E-state index >= 15 is 0 Å². The number of benzene rings is 1. The average Bonchev–Trinajstić information content (AvgIpc) is 3.16. The van der Waals surface area contributed by atoms with E-state index in [2.05, 4.69) is 5.16 Å². The maximum absolute atomic E-state index is 14.1. The number of hydrogen-bond acceptors (Lipinski definition) is 4. The van der Waals surface area contributed by atoms with Crippen molar-refractivity contribution in [1.29, 1.82) is 0 Å². The third-order valence-corrected chi connectivity index (χ3v) is 4.59. The Balaban J connectivity index is 1.64. The van der Waals surface area contributed by atoms with Crippen LogP contribution in [0.1, 0.15) is 53.0 Å². The fourth-order valence-corrected chi connectivity index (χ4v) is 3.21. The van der Waals surface area contributed by atoms with Gasteiger partial charge in [0.05, 0.1) is 17.8 Å². The molecule has 0 radical (unpaired) electrons. The Kier molecular flexibility index (Phi) is 3.60. The monoisotopic (exact) mass is 334 g/mol. The van der Waals surface area contributed by atoms with Crippen molar-refractivity contribution in [2.45, 2.75) is 37.3 Å². The molecule has 1 saturated heterocycles. The van der Waals surface area contributed by atoms with Crippen LogP contribution in [0.4, 0.5) is 8.78 Å². The molecule has 2 fully saturated rings. The van der Waals surface area contributed by atoms with Crippen molar-refractivity contribution in [1.82, 2.24) is 10.1 Å². The molecule has 1 saturated carbocycles. The molecule has 7 heteroatoms. The summed E-state index contributed by atoms with van der Waals surface area (Å²) in [5, 5.41) is 13.8. The molecule has 126 valence electrons. The minimum absolute atomic E-state index is 0.0406. The van der Waals surface area contributed by atoms with Crippen LogP contribution in [0, 0.1) is 11.6 Å². The third kappa shape index (κ3) is 2.69. The summed E-state index contributed by atoms with van der Waals surface area (Å²) in [6, 6.07) is 3.97. The summed E-state index contributed by atoms with van der Waals surface area (Å²) in [5.74, 6) is -1.26. The summed E-state index contributed by atoms with van der Waals surface area (Å²) >= 11 is 0. The molecule has 1 aromatic carbocycles. The molecule has 1 aliphatic carbocycles. The number of nitrogens with zero attached hydrogens (tertiary/aromatic N) is 2. The Morgan fingerprint density at radius 1 is 1.29 bits per heavy atom. The zero-order chi connectivity index (χ0) is 16.8. The number of aliphatic hydroxyl groups excluding tert-OH is 1. The molecule has 2 atom stereocenters. The van der Waals surface area contributed by atoms with Crippen molar-refractivity contribution in [2.24, 2.45) is 0 Å². The Morgan fingerprint density at radius 2 is 2.08 bits per heavy atom. The van der Waals surface area contributed by atoms with Crippen molar-refractivity contribution in [3.63, 3.8) is 0 Å². The summed E-state index contributed by atoms with van der Waals surface area (Å²) in [6.45, 7) is 0.0406. The van der Waals surface area contributed by atoms with Crippen LogP contribution in [-0.2, 0) is 0 Å². The van der Waals surface area contributed by atoms with Gasteiger partial charge >= 0.3 is 0 Å². The van der Waals surface area contributed by atoms with Crippen molar-refractivity contribution >= 4 is 5.91 Å². The van der Waals surface area contributed by atoms with Crippen molar-refractivity contribution in [2.75, 3.05) is 6.54 Å².